The summed E-state index contributed by atoms with van der Waals surface area (Å²) < 4.78 is 5.67. The highest BCUT2D eigenvalue weighted by atomic mass is 35.5. The van der Waals surface area contributed by atoms with Crippen LogP contribution in [0.15, 0.2) is 29.8 Å². The molecular formula is C15H16ClNO3. The number of benzene rings is 1. The number of nitrogens with one attached hydrogen (secondary N) is 1. The van der Waals surface area contributed by atoms with Crippen LogP contribution in [0.25, 0.3) is 0 Å². The van der Waals surface area contributed by atoms with E-state index in [1.807, 2.05) is 6.92 Å². The SMILES string of the molecule is CC1=CCC1NC(=O)C1CC(O)c2cc(Cl)ccc2O1. The third kappa shape index (κ3) is 2.41. The number of amides is 1. The van der Waals surface area contributed by atoms with E-state index < -0.39 is 12.2 Å². The maximum absolute atomic E-state index is 12.2. The smallest absolute Gasteiger partial charge is 0.261 e. The van der Waals surface area contributed by atoms with E-state index in [1.54, 1.807) is 18.2 Å². The van der Waals surface area contributed by atoms with Crippen LogP contribution in [0.2, 0.25) is 5.02 Å². The molecule has 0 bridgehead atoms. The Kier molecular flexibility index (Phi) is 3.44. The van der Waals surface area contributed by atoms with Gasteiger partial charge >= 0.3 is 0 Å². The minimum absolute atomic E-state index is 0.106. The van der Waals surface area contributed by atoms with E-state index in [-0.39, 0.29) is 18.4 Å². The van der Waals surface area contributed by atoms with Crippen molar-refractivity contribution in [3.8, 4) is 5.75 Å². The van der Waals surface area contributed by atoms with Crippen LogP contribution in [0, 0.1) is 0 Å². The van der Waals surface area contributed by atoms with Gasteiger partial charge in [-0.25, -0.2) is 0 Å². The fourth-order valence-electron chi connectivity index (χ4n) is 2.49. The monoisotopic (exact) mass is 293 g/mol. The number of carbonyl (C=O) groups is 1. The van der Waals surface area contributed by atoms with Crippen molar-refractivity contribution in [3.05, 3.63) is 40.4 Å². The van der Waals surface area contributed by atoms with Gasteiger partial charge < -0.3 is 15.2 Å². The Bertz CT molecular complexity index is 584. The average molecular weight is 294 g/mol. The molecule has 3 atom stereocenters. The molecule has 3 rings (SSSR count). The summed E-state index contributed by atoms with van der Waals surface area (Å²) in [5.74, 6) is 0.344. The topological polar surface area (TPSA) is 58.6 Å². The van der Waals surface area contributed by atoms with Gasteiger partial charge in [0.15, 0.2) is 6.10 Å². The molecule has 0 spiro atoms. The van der Waals surface area contributed by atoms with Crippen LogP contribution in [-0.4, -0.2) is 23.2 Å². The number of halogens is 1. The molecule has 3 unspecified atom stereocenters. The lowest BCUT2D eigenvalue weighted by Gasteiger charge is -2.32. The lowest BCUT2D eigenvalue weighted by atomic mass is 9.93. The second-order valence-corrected chi connectivity index (χ2v) is 5.72. The first-order chi connectivity index (χ1) is 9.54. The van der Waals surface area contributed by atoms with Gasteiger partial charge in [-0.05, 0) is 31.5 Å². The van der Waals surface area contributed by atoms with E-state index in [9.17, 15) is 9.90 Å². The largest absolute Gasteiger partial charge is 0.480 e. The first kappa shape index (κ1) is 13.5. The Morgan fingerprint density at radius 2 is 2.30 bits per heavy atom. The summed E-state index contributed by atoms with van der Waals surface area (Å²) in [6, 6.07) is 5.16. The highest BCUT2D eigenvalue weighted by molar-refractivity contribution is 6.30. The molecule has 0 fully saturated rings. The molecule has 1 aromatic carbocycles. The quantitative estimate of drug-likeness (QED) is 0.823. The average Bonchev–Trinajstić information content (AvgIpc) is 2.43. The Balaban J connectivity index is 1.72. The number of aliphatic hydroxyl groups is 1. The summed E-state index contributed by atoms with van der Waals surface area (Å²) in [5, 5.41) is 13.6. The lowest BCUT2D eigenvalue weighted by molar-refractivity contribution is -0.131. The first-order valence-corrected chi connectivity index (χ1v) is 7.03. The number of rotatable bonds is 2. The van der Waals surface area contributed by atoms with Crippen LogP contribution in [0.5, 0.6) is 5.75 Å². The van der Waals surface area contributed by atoms with Crippen molar-refractivity contribution in [2.45, 2.75) is 38.0 Å². The summed E-state index contributed by atoms with van der Waals surface area (Å²) in [6.45, 7) is 1.99. The Morgan fingerprint density at radius 3 is 2.95 bits per heavy atom. The fourth-order valence-corrected chi connectivity index (χ4v) is 2.67. The third-order valence-corrected chi connectivity index (χ3v) is 4.11. The van der Waals surface area contributed by atoms with Crippen molar-refractivity contribution in [1.82, 2.24) is 5.32 Å². The number of carbonyl (C=O) groups excluding carboxylic acids is 1. The van der Waals surface area contributed by atoms with E-state index in [0.29, 0.717) is 16.3 Å². The Hall–Kier alpha value is -1.52. The first-order valence-electron chi connectivity index (χ1n) is 6.66. The molecule has 5 heteroatoms. The van der Waals surface area contributed by atoms with Crippen LogP contribution in [0.1, 0.15) is 31.4 Å². The van der Waals surface area contributed by atoms with Gasteiger partial charge in [-0.15, -0.1) is 0 Å². The number of ether oxygens (including phenoxy) is 1. The lowest BCUT2D eigenvalue weighted by Crippen LogP contribution is -2.47. The van der Waals surface area contributed by atoms with Crippen molar-refractivity contribution < 1.29 is 14.6 Å². The third-order valence-electron chi connectivity index (χ3n) is 3.87. The standard InChI is InChI=1S/C15H16ClNO3/c1-8-2-4-11(8)17-15(19)14-7-12(18)10-6-9(16)3-5-13(10)20-14/h2-3,5-6,11-12,14,18H,4,7H2,1H3,(H,17,19). The van der Waals surface area contributed by atoms with Crippen molar-refractivity contribution in [1.29, 1.82) is 0 Å². The number of hydrogen-bond acceptors (Lipinski definition) is 3. The second-order valence-electron chi connectivity index (χ2n) is 5.29. The molecule has 1 amide bonds. The van der Waals surface area contributed by atoms with Gasteiger partial charge in [0.1, 0.15) is 5.75 Å². The summed E-state index contributed by atoms with van der Waals surface area (Å²) in [5.41, 5.74) is 1.81. The van der Waals surface area contributed by atoms with Crippen molar-refractivity contribution in [2.24, 2.45) is 0 Å². The van der Waals surface area contributed by atoms with E-state index in [2.05, 4.69) is 11.4 Å². The van der Waals surface area contributed by atoms with Gasteiger partial charge in [0.25, 0.3) is 5.91 Å². The normalized spacial score (nSPS) is 27.8. The van der Waals surface area contributed by atoms with Gasteiger partial charge in [-0.2, -0.15) is 0 Å². The van der Waals surface area contributed by atoms with Crippen molar-refractivity contribution >= 4 is 17.5 Å². The number of hydrogen-bond donors (Lipinski definition) is 2. The highest BCUT2D eigenvalue weighted by Gasteiger charge is 2.33. The highest BCUT2D eigenvalue weighted by Crippen LogP contribution is 2.36. The minimum atomic E-state index is -0.730. The summed E-state index contributed by atoms with van der Waals surface area (Å²) >= 11 is 5.90. The number of aliphatic hydroxyl groups excluding tert-OH is 1. The van der Waals surface area contributed by atoms with Crippen LogP contribution in [0.3, 0.4) is 0 Å². The minimum Gasteiger partial charge on any atom is -0.480 e. The van der Waals surface area contributed by atoms with Gasteiger partial charge in [-0.1, -0.05) is 23.3 Å². The molecule has 0 radical (unpaired) electrons. The second kappa shape index (κ2) is 5.11. The molecule has 1 aliphatic carbocycles. The van der Waals surface area contributed by atoms with E-state index in [0.717, 1.165) is 6.42 Å². The maximum atomic E-state index is 12.2. The molecule has 4 nitrogen and oxygen atoms in total. The predicted octanol–water partition coefficient (Wildman–Crippen LogP) is 2.36. The molecule has 20 heavy (non-hydrogen) atoms. The Labute approximate surface area is 122 Å². The number of fused-ring (bicyclic) bond motifs is 1. The molecule has 0 aromatic heterocycles. The van der Waals surface area contributed by atoms with Gasteiger partial charge in [0.2, 0.25) is 0 Å². The van der Waals surface area contributed by atoms with Crippen molar-refractivity contribution in [2.75, 3.05) is 0 Å². The molecule has 0 saturated heterocycles. The van der Waals surface area contributed by atoms with E-state index >= 15 is 0 Å². The summed E-state index contributed by atoms with van der Waals surface area (Å²) in [7, 11) is 0. The molecule has 1 aromatic rings. The molecule has 106 valence electrons. The van der Waals surface area contributed by atoms with Gasteiger partial charge in [-0.3, -0.25) is 4.79 Å². The summed E-state index contributed by atoms with van der Waals surface area (Å²) in [6.07, 6.45) is 1.80. The zero-order valence-corrected chi connectivity index (χ0v) is 11.9. The molecule has 2 N–H and O–H groups in total. The molecular weight excluding hydrogens is 278 g/mol. The molecule has 1 heterocycles. The fraction of sp³-hybridized carbons (Fsp3) is 0.400. The molecule has 2 aliphatic rings. The maximum Gasteiger partial charge on any atom is 0.261 e. The van der Waals surface area contributed by atoms with Crippen molar-refractivity contribution in [3.63, 3.8) is 0 Å². The van der Waals surface area contributed by atoms with Crippen LogP contribution in [0.4, 0.5) is 0 Å². The van der Waals surface area contributed by atoms with Crippen LogP contribution < -0.4 is 10.1 Å². The van der Waals surface area contributed by atoms with Gasteiger partial charge in [0.05, 0.1) is 12.1 Å². The predicted molar refractivity (Wildman–Crippen MR) is 75.7 cm³/mol. The van der Waals surface area contributed by atoms with Crippen LogP contribution in [-0.2, 0) is 4.79 Å². The summed E-state index contributed by atoms with van der Waals surface area (Å²) in [4.78, 5) is 12.2. The zero-order chi connectivity index (χ0) is 14.3. The van der Waals surface area contributed by atoms with E-state index in [1.165, 1.54) is 5.57 Å². The Morgan fingerprint density at radius 1 is 1.50 bits per heavy atom. The van der Waals surface area contributed by atoms with Crippen LogP contribution >= 0.6 is 11.6 Å². The molecule has 0 saturated carbocycles. The molecule has 1 aliphatic heterocycles. The van der Waals surface area contributed by atoms with Gasteiger partial charge in [0, 0.05) is 17.0 Å². The zero-order valence-electron chi connectivity index (χ0n) is 11.1. The van der Waals surface area contributed by atoms with E-state index in [4.69, 9.17) is 16.3 Å².